The lowest BCUT2D eigenvalue weighted by molar-refractivity contribution is 0.104. The first kappa shape index (κ1) is 10.0. The van der Waals surface area contributed by atoms with Gasteiger partial charge in [-0.1, -0.05) is 5.92 Å². The molecule has 0 aromatic rings. The highest BCUT2D eigenvalue weighted by molar-refractivity contribution is 5.07. The Bertz CT molecular complexity index is 226. The fourth-order valence-corrected chi connectivity index (χ4v) is 2.44. The Balaban J connectivity index is 1.64. The van der Waals surface area contributed by atoms with Crippen molar-refractivity contribution in [2.45, 2.75) is 19.8 Å². The third kappa shape index (κ3) is 2.50. The molecule has 0 unspecified atom stereocenters. The van der Waals surface area contributed by atoms with Gasteiger partial charge in [-0.25, -0.2) is 0 Å². The van der Waals surface area contributed by atoms with Crippen LogP contribution in [0, 0.1) is 23.7 Å². The van der Waals surface area contributed by atoms with E-state index in [4.69, 9.17) is 0 Å². The average molecular weight is 192 g/mol. The summed E-state index contributed by atoms with van der Waals surface area (Å²) in [6, 6.07) is 0. The molecule has 0 atom stereocenters. The molecule has 0 aromatic carbocycles. The third-order valence-corrected chi connectivity index (χ3v) is 3.28. The molecule has 2 aliphatic rings. The SMILES string of the molecule is CC#CC1CN(CC2CCNCC2)C1. The van der Waals surface area contributed by atoms with Crippen molar-refractivity contribution >= 4 is 0 Å². The van der Waals surface area contributed by atoms with E-state index in [9.17, 15) is 0 Å². The lowest BCUT2D eigenvalue weighted by Gasteiger charge is -2.39. The van der Waals surface area contributed by atoms with Crippen molar-refractivity contribution in [1.29, 1.82) is 0 Å². The fraction of sp³-hybridized carbons (Fsp3) is 0.833. The highest BCUT2D eigenvalue weighted by Gasteiger charge is 2.27. The van der Waals surface area contributed by atoms with Crippen LogP contribution in [0.5, 0.6) is 0 Å². The molecule has 2 fully saturated rings. The highest BCUT2D eigenvalue weighted by atomic mass is 15.2. The van der Waals surface area contributed by atoms with Gasteiger partial charge in [-0.15, -0.1) is 5.92 Å². The van der Waals surface area contributed by atoms with Crippen LogP contribution >= 0.6 is 0 Å². The van der Waals surface area contributed by atoms with Gasteiger partial charge in [0.2, 0.25) is 0 Å². The van der Waals surface area contributed by atoms with E-state index in [0.29, 0.717) is 5.92 Å². The van der Waals surface area contributed by atoms with Gasteiger partial charge in [-0.05, 0) is 38.8 Å². The van der Waals surface area contributed by atoms with Crippen molar-refractivity contribution in [3.8, 4) is 11.8 Å². The topological polar surface area (TPSA) is 15.3 Å². The van der Waals surface area contributed by atoms with E-state index in [-0.39, 0.29) is 0 Å². The Morgan fingerprint density at radius 2 is 2.00 bits per heavy atom. The molecule has 2 nitrogen and oxygen atoms in total. The van der Waals surface area contributed by atoms with E-state index >= 15 is 0 Å². The number of hydrogen-bond acceptors (Lipinski definition) is 2. The minimum absolute atomic E-state index is 0.668. The molecule has 0 saturated carbocycles. The Morgan fingerprint density at radius 1 is 1.29 bits per heavy atom. The van der Waals surface area contributed by atoms with Crippen LogP contribution in [0.4, 0.5) is 0 Å². The van der Waals surface area contributed by atoms with Crippen molar-refractivity contribution in [2.24, 2.45) is 11.8 Å². The fourth-order valence-electron chi connectivity index (χ4n) is 2.44. The largest absolute Gasteiger partial charge is 0.317 e. The molecule has 2 aliphatic heterocycles. The lowest BCUT2D eigenvalue weighted by atomic mass is 9.93. The van der Waals surface area contributed by atoms with Gasteiger partial charge in [0.25, 0.3) is 0 Å². The normalized spacial score (nSPS) is 25.2. The number of nitrogens with zero attached hydrogens (tertiary/aromatic N) is 1. The van der Waals surface area contributed by atoms with E-state index in [1.165, 1.54) is 45.6 Å². The number of nitrogens with one attached hydrogen (secondary N) is 1. The number of rotatable bonds is 2. The molecule has 1 N–H and O–H groups in total. The van der Waals surface area contributed by atoms with E-state index in [2.05, 4.69) is 22.1 Å². The monoisotopic (exact) mass is 192 g/mol. The van der Waals surface area contributed by atoms with Crippen molar-refractivity contribution in [2.75, 3.05) is 32.7 Å². The summed E-state index contributed by atoms with van der Waals surface area (Å²) in [5.41, 5.74) is 0. The first-order valence-corrected chi connectivity index (χ1v) is 5.74. The van der Waals surface area contributed by atoms with E-state index in [1.54, 1.807) is 0 Å². The number of likely N-dealkylation sites (tertiary alicyclic amines) is 1. The van der Waals surface area contributed by atoms with Crippen LogP contribution in [0.1, 0.15) is 19.8 Å². The average Bonchev–Trinajstić information content (AvgIpc) is 2.16. The minimum Gasteiger partial charge on any atom is -0.317 e. The van der Waals surface area contributed by atoms with Gasteiger partial charge in [-0.2, -0.15) is 0 Å². The molecule has 2 saturated heterocycles. The molecular formula is C12H20N2. The quantitative estimate of drug-likeness (QED) is 0.655. The van der Waals surface area contributed by atoms with E-state index < -0.39 is 0 Å². The Morgan fingerprint density at radius 3 is 2.64 bits per heavy atom. The van der Waals surface area contributed by atoms with Crippen LogP contribution in [0.2, 0.25) is 0 Å². The van der Waals surface area contributed by atoms with Crippen LogP contribution in [-0.2, 0) is 0 Å². The molecule has 0 radical (unpaired) electrons. The van der Waals surface area contributed by atoms with Gasteiger partial charge in [0, 0.05) is 25.6 Å². The maximum absolute atomic E-state index is 3.41. The Labute approximate surface area is 87.1 Å². The van der Waals surface area contributed by atoms with Crippen LogP contribution in [0.15, 0.2) is 0 Å². The molecule has 2 heteroatoms. The molecule has 78 valence electrons. The van der Waals surface area contributed by atoms with Gasteiger partial charge in [0.1, 0.15) is 0 Å². The maximum atomic E-state index is 3.41. The zero-order valence-electron chi connectivity index (χ0n) is 9.05. The number of piperidine rings is 1. The van der Waals surface area contributed by atoms with Gasteiger partial charge < -0.3 is 10.2 Å². The zero-order chi connectivity index (χ0) is 9.80. The Kier molecular flexibility index (Phi) is 3.44. The maximum Gasteiger partial charge on any atom is 0.0457 e. The summed E-state index contributed by atoms with van der Waals surface area (Å²) in [6.07, 6.45) is 2.72. The van der Waals surface area contributed by atoms with Crippen LogP contribution in [0.25, 0.3) is 0 Å². The molecular weight excluding hydrogens is 172 g/mol. The second-order valence-corrected chi connectivity index (χ2v) is 4.50. The van der Waals surface area contributed by atoms with Crippen molar-refractivity contribution in [3.63, 3.8) is 0 Å². The molecule has 0 spiro atoms. The Hall–Kier alpha value is -0.520. The standard InChI is InChI=1S/C12H20N2/c1-2-3-12-9-14(10-12)8-11-4-6-13-7-5-11/h11-13H,4-10H2,1H3. The highest BCUT2D eigenvalue weighted by Crippen LogP contribution is 2.20. The second kappa shape index (κ2) is 4.82. The summed E-state index contributed by atoms with van der Waals surface area (Å²) in [5, 5.41) is 3.41. The minimum atomic E-state index is 0.668. The van der Waals surface area contributed by atoms with Crippen molar-refractivity contribution in [1.82, 2.24) is 10.2 Å². The predicted molar refractivity (Wildman–Crippen MR) is 59.0 cm³/mol. The third-order valence-electron chi connectivity index (χ3n) is 3.28. The molecule has 0 amide bonds. The van der Waals surface area contributed by atoms with E-state index in [0.717, 1.165) is 5.92 Å². The van der Waals surface area contributed by atoms with Crippen LogP contribution in [0.3, 0.4) is 0 Å². The molecule has 14 heavy (non-hydrogen) atoms. The summed E-state index contributed by atoms with van der Waals surface area (Å²) < 4.78 is 0. The molecule has 2 heterocycles. The summed E-state index contributed by atoms with van der Waals surface area (Å²) in [5.74, 6) is 7.86. The number of hydrogen-bond donors (Lipinski definition) is 1. The molecule has 0 aliphatic carbocycles. The van der Waals surface area contributed by atoms with Gasteiger partial charge >= 0.3 is 0 Å². The van der Waals surface area contributed by atoms with Gasteiger partial charge in [0.05, 0.1) is 0 Å². The van der Waals surface area contributed by atoms with Crippen LogP contribution in [-0.4, -0.2) is 37.6 Å². The van der Waals surface area contributed by atoms with Gasteiger partial charge in [-0.3, -0.25) is 0 Å². The molecule has 2 rings (SSSR count). The zero-order valence-corrected chi connectivity index (χ0v) is 9.05. The van der Waals surface area contributed by atoms with Gasteiger partial charge in [0.15, 0.2) is 0 Å². The second-order valence-electron chi connectivity index (χ2n) is 4.50. The van der Waals surface area contributed by atoms with Crippen molar-refractivity contribution < 1.29 is 0 Å². The smallest absolute Gasteiger partial charge is 0.0457 e. The summed E-state index contributed by atoms with van der Waals surface area (Å²) >= 11 is 0. The van der Waals surface area contributed by atoms with Crippen molar-refractivity contribution in [3.05, 3.63) is 0 Å². The predicted octanol–water partition coefficient (Wildman–Crippen LogP) is 0.941. The van der Waals surface area contributed by atoms with E-state index in [1.807, 2.05) is 6.92 Å². The lowest BCUT2D eigenvalue weighted by Crippen LogP contribution is -2.49. The molecule has 0 bridgehead atoms. The molecule has 0 aromatic heterocycles. The first-order chi connectivity index (χ1) is 6.88. The first-order valence-electron chi connectivity index (χ1n) is 5.74. The van der Waals surface area contributed by atoms with Crippen LogP contribution < -0.4 is 5.32 Å². The summed E-state index contributed by atoms with van der Waals surface area (Å²) in [4.78, 5) is 2.56. The summed E-state index contributed by atoms with van der Waals surface area (Å²) in [7, 11) is 0. The summed E-state index contributed by atoms with van der Waals surface area (Å²) in [6.45, 7) is 8.11.